The Hall–Kier alpha value is -1.88. The summed E-state index contributed by atoms with van der Waals surface area (Å²) in [6.45, 7) is 5.49. The number of amides is 1. The summed E-state index contributed by atoms with van der Waals surface area (Å²) in [5, 5.41) is 8.15. The molecule has 0 bridgehead atoms. The molecule has 1 unspecified atom stereocenters. The van der Waals surface area contributed by atoms with Gasteiger partial charge in [0.15, 0.2) is 0 Å². The predicted molar refractivity (Wildman–Crippen MR) is 78.9 cm³/mol. The van der Waals surface area contributed by atoms with E-state index >= 15 is 0 Å². The molecule has 0 saturated heterocycles. The molecule has 2 aromatic rings. The zero-order valence-electron chi connectivity index (χ0n) is 11.7. The van der Waals surface area contributed by atoms with Crippen molar-refractivity contribution in [1.82, 2.24) is 5.01 Å². The molecule has 1 atom stereocenters. The Bertz CT molecular complexity index is 651. The molecule has 0 fully saturated rings. The van der Waals surface area contributed by atoms with Crippen LogP contribution in [0.2, 0.25) is 0 Å². The maximum Gasteiger partial charge on any atom is 0.240 e. The van der Waals surface area contributed by atoms with Crippen LogP contribution >= 0.6 is 11.3 Å². The molecule has 20 heavy (non-hydrogen) atoms. The van der Waals surface area contributed by atoms with Gasteiger partial charge in [-0.1, -0.05) is 6.07 Å². The molecule has 4 nitrogen and oxygen atoms in total. The topological polar surface area (TPSA) is 45.8 Å². The van der Waals surface area contributed by atoms with Gasteiger partial charge in [0, 0.05) is 23.8 Å². The molecule has 1 amide bonds. The zero-order chi connectivity index (χ0) is 14.3. The lowest BCUT2D eigenvalue weighted by atomic mass is 10.0. The SMILES string of the molecule is CC(=O)N1N=C(c2c(C)coc2C)CC1c1cccs1. The average molecular weight is 288 g/mol. The maximum absolute atomic E-state index is 11.8. The lowest BCUT2D eigenvalue weighted by Crippen LogP contribution is -2.23. The van der Waals surface area contributed by atoms with Crippen molar-refractivity contribution in [2.45, 2.75) is 33.2 Å². The summed E-state index contributed by atoms with van der Waals surface area (Å²) in [6, 6.07) is 4.07. The maximum atomic E-state index is 11.8. The number of hydrogen-bond acceptors (Lipinski definition) is 4. The Morgan fingerprint density at radius 3 is 2.85 bits per heavy atom. The van der Waals surface area contributed by atoms with Crippen LogP contribution in [0.4, 0.5) is 0 Å². The highest BCUT2D eigenvalue weighted by Crippen LogP contribution is 2.36. The summed E-state index contributed by atoms with van der Waals surface area (Å²) in [6.07, 6.45) is 2.48. The minimum atomic E-state index is -0.0304. The molecule has 1 aliphatic rings. The molecular weight excluding hydrogens is 272 g/mol. The standard InChI is InChI=1S/C15H16N2O2S/c1-9-8-19-10(2)15(9)12-7-13(14-5-4-6-20-14)17(16-12)11(3)18/h4-6,8,13H,7H2,1-3H3. The number of rotatable bonds is 2. The number of hydrazone groups is 1. The van der Waals surface area contributed by atoms with Gasteiger partial charge < -0.3 is 4.42 Å². The van der Waals surface area contributed by atoms with Gasteiger partial charge in [0.1, 0.15) is 5.76 Å². The second-order valence-corrected chi connectivity index (χ2v) is 5.97. The fourth-order valence-electron chi connectivity index (χ4n) is 2.66. The number of carbonyl (C=O) groups is 1. The summed E-state index contributed by atoms with van der Waals surface area (Å²) < 4.78 is 5.45. The Labute approximate surface area is 121 Å². The van der Waals surface area contributed by atoms with Crippen LogP contribution in [0.1, 0.15) is 41.2 Å². The van der Waals surface area contributed by atoms with Gasteiger partial charge in [-0.15, -0.1) is 11.3 Å². The molecule has 0 spiro atoms. The smallest absolute Gasteiger partial charge is 0.240 e. The number of thiophene rings is 1. The number of hydrogen-bond donors (Lipinski definition) is 0. The second kappa shape index (κ2) is 4.90. The van der Waals surface area contributed by atoms with E-state index < -0.39 is 0 Å². The lowest BCUT2D eigenvalue weighted by Gasteiger charge is -2.18. The Kier molecular flexibility index (Phi) is 3.22. The third-order valence-electron chi connectivity index (χ3n) is 3.55. The molecule has 0 aromatic carbocycles. The quantitative estimate of drug-likeness (QED) is 0.846. The molecule has 1 aliphatic heterocycles. The summed E-state index contributed by atoms with van der Waals surface area (Å²) >= 11 is 1.66. The van der Waals surface area contributed by atoms with Crippen molar-refractivity contribution in [3.63, 3.8) is 0 Å². The fraction of sp³-hybridized carbons (Fsp3) is 0.333. The van der Waals surface area contributed by atoms with E-state index in [1.165, 1.54) is 0 Å². The van der Waals surface area contributed by atoms with E-state index in [0.29, 0.717) is 0 Å². The molecule has 3 rings (SSSR count). The van der Waals surface area contributed by atoms with E-state index in [-0.39, 0.29) is 11.9 Å². The van der Waals surface area contributed by atoms with E-state index in [9.17, 15) is 4.79 Å². The third kappa shape index (κ3) is 2.08. The highest BCUT2D eigenvalue weighted by Gasteiger charge is 2.33. The van der Waals surface area contributed by atoms with Crippen molar-refractivity contribution in [2.75, 3.05) is 0 Å². The van der Waals surface area contributed by atoms with Gasteiger partial charge in [-0.3, -0.25) is 4.79 Å². The first-order chi connectivity index (χ1) is 9.58. The van der Waals surface area contributed by atoms with E-state index in [4.69, 9.17) is 4.42 Å². The molecule has 0 aliphatic carbocycles. The van der Waals surface area contributed by atoms with Crippen LogP contribution in [0.3, 0.4) is 0 Å². The fourth-order valence-corrected chi connectivity index (χ4v) is 3.47. The third-order valence-corrected chi connectivity index (χ3v) is 4.53. The van der Waals surface area contributed by atoms with Crippen molar-refractivity contribution in [1.29, 1.82) is 0 Å². The first-order valence-corrected chi connectivity index (χ1v) is 7.41. The molecule has 3 heterocycles. The number of furan rings is 1. The highest BCUT2D eigenvalue weighted by molar-refractivity contribution is 7.10. The van der Waals surface area contributed by atoms with Gasteiger partial charge in [-0.25, -0.2) is 5.01 Å². The van der Waals surface area contributed by atoms with E-state index in [2.05, 4.69) is 11.2 Å². The van der Waals surface area contributed by atoms with Crippen molar-refractivity contribution in [3.05, 3.63) is 45.5 Å². The second-order valence-electron chi connectivity index (χ2n) is 5.00. The molecule has 0 radical (unpaired) electrons. The summed E-state index contributed by atoms with van der Waals surface area (Å²) in [7, 11) is 0. The monoisotopic (exact) mass is 288 g/mol. The minimum absolute atomic E-state index is 0.0104. The Morgan fingerprint density at radius 2 is 2.30 bits per heavy atom. The van der Waals surface area contributed by atoms with E-state index in [1.807, 2.05) is 25.3 Å². The van der Waals surface area contributed by atoms with Gasteiger partial charge >= 0.3 is 0 Å². The van der Waals surface area contributed by atoms with Crippen molar-refractivity contribution < 1.29 is 9.21 Å². The molecule has 5 heteroatoms. The number of nitrogens with zero attached hydrogens (tertiary/aromatic N) is 2. The van der Waals surface area contributed by atoms with Gasteiger partial charge in [-0.05, 0) is 30.9 Å². The van der Waals surface area contributed by atoms with Crippen molar-refractivity contribution in [2.24, 2.45) is 5.10 Å². The van der Waals surface area contributed by atoms with Crippen molar-refractivity contribution in [3.8, 4) is 0 Å². The van der Waals surface area contributed by atoms with Gasteiger partial charge in [0.05, 0.1) is 18.0 Å². The molecule has 104 valence electrons. The molecule has 0 N–H and O–H groups in total. The summed E-state index contributed by atoms with van der Waals surface area (Å²) in [5.41, 5.74) is 3.04. The normalized spacial score (nSPS) is 18.4. The summed E-state index contributed by atoms with van der Waals surface area (Å²) in [4.78, 5) is 13.0. The molecular formula is C15H16N2O2S. The van der Waals surface area contributed by atoms with Gasteiger partial charge in [0.25, 0.3) is 0 Å². The molecule has 0 saturated carbocycles. The van der Waals surface area contributed by atoms with Crippen molar-refractivity contribution >= 4 is 23.0 Å². The average Bonchev–Trinajstić information content (AvgIpc) is 3.08. The first kappa shape index (κ1) is 13.1. The number of carbonyl (C=O) groups excluding carboxylic acids is 1. The Balaban J connectivity index is 1.99. The van der Waals surface area contributed by atoms with Crippen LogP contribution in [0, 0.1) is 13.8 Å². The van der Waals surface area contributed by atoms with E-state index in [1.54, 1.807) is 29.5 Å². The zero-order valence-corrected chi connectivity index (χ0v) is 12.5. The van der Waals surface area contributed by atoms with E-state index in [0.717, 1.165) is 33.9 Å². The minimum Gasteiger partial charge on any atom is -0.469 e. The Morgan fingerprint density at radius 1 is 1.50 bits per heavy atom. The highest BCUT2D eigenvalue weighted by atomic mass is 32.1. The van der Waals surface area contributed by atoms with Gasteiger partial charge in [-0.2, -0.15) is 5.10 Å². The van der Waals surface area contributed by atoms with Crippen LogP contribution in [-0.2, 0) is 4.79 Å². The summed E-state index contributed by atoms with van der Waals surface area (Å²) in [5.74, 6) is 0.828. The first-order valence-electron chi connectivity index (χ1n) is 6.53. The number of aryl methyl sites for hydroxylation is 2. The van der Waals surface area contributed by atoms with Crippen LogP contribution < -0.4 is 0 Å². The van der Waals surface area contributed by atoms with Crippen LogP contribution in [0.15, 0.2) is 33.3 Å². The lowest BCUT2D eigenvalue weighted by molar-refractivity contribution is -0.130. The van der Waals surface area contributed by atoms with Crippen LogP contribution in [0.25, 0.3) is 0 Å². The van der Waals surface area contributed by atoms with Gasteiger partial charge in [0.2, 0.25) is 5.91 Å². The largest absolute Gasteiger partial charge is 0.469 e. The predicted octanol–water partition coefficient (Wildman–Crippen LogP) is 3.66. The molecule has 2 aromatic heterocycles. The van der Waals surface area contributed by atoms with Crippen LogP contribution in [0.5, 0.6) is 0 Å². The van der Waals surface area contributed by atoms with Crippen LogP contribution in [-0.4, -0.2) is 16.6 Å².